The van der Waals surface area contributed by atoms with Crippen LogP contribution in [0.3, 0.4) is 0 Å². The van der Waals surface area contributed by atoms with Gasteiger partial charge in [0.25, 0.3) is 0 Å². The van der Waals surface area contributed by atoms with Gasteiger partial charge in [-0.15, -0.1) is 24.0 Å². The summed E-state index contributed by atoms with van der Waals surface area (Å²) in [6.07, 6.45) is 0.626. The van der Waals surface area contributed by atoms with E-state index in [1.54, 1.807) is 0 Å². The molecular weight excluding hydrogens is 441 g/mol. The van der Waals surface area contributed by atoms with E-state index in [9.17, 15) is 8.42 Å². The molecule has 2 heterocycles. The molecule has 0 aliphatic carbocycles. The molecule has 1 saturated heterocycles. The first-order chi connectivity index (χ1) is 10.9. The standard InChI is InChI=1S/C15H25N5O2S.HI/c1-4-16-15(19-13-8-9-23(21,22)11-13)17-10-12-6-5-7-14(18-12)20(2)3;/h5-7,13H,4,8-11H2,1-3H3,(H2,16,17,19);1H. The van der Waals surface area contributed by atoms with E-state index >= 15 is 0 Å². The Morgan fingerprint density at radius 3 is 2.75 bits per heavy atom. The van der Waals surface area contributed by atoms with Gasteiger partial charge in [0, 0.05) is 26.7 Å². The van der Waals surface area contributed by atoms with Crippen molar-refractivity contribution in [3.63, 3.8) is 0 Å². The molecule has 1 aromatic heterocycles. The predicted molar refractivity (Wildman–Crippen MR) is 109 cm³/mol. The van der Waals surface area contributed by atoms with Crippen LogP contribution in [0.5, 0.6) is 0 Å². The first-order valence-electron chi connectivity index (χ1n) is 7.78. The third-order valence-corrected chi connectivity index (χ3v) is 5.33. The molecule has 136 valence electrons. The highest BCUT2D eigenvalue weighted by Crippen LogP contribution is 2.11. The summed E-state index contributed by atoms with van der Waals surface area (Å²) in [7, 11) is 0.991. The Morgan fingerprint density at radius 1 is 1.42 bits per heavy atom. The minimum absolute atomic E-state index is 0. The molecule has 0 radical (unpaired) electrons. The monoisotopic (exact) mass is 467 g/mol. The zero-order chi connectivity index (χ0) is 16.9. The average Bonchev–Trinajstić information content (AvgIpc) is 2.84. The van der Waals surface area contributed by atoms with Crippen molar-refractivity contribution in [1.82, 2.24) is 15.6 Å². The fraction of sp³-hybridized carbons (Fsp3) is 0.600. The zero-order valence-corrected chi connectivity index (χ0v) is 17.5. The number of rotatable bonds is 5. The van der Waals surface area contributed by atoms with E-state index in [0.29, 0.717) is 18.9 Å². The Hall–Kier alpha value is -1.10. The molecule has 24 heavy (non-hydrogen) atoms. The van der Waals surface area contributed by atoms with E-state index in [2.05, 4.69) is 20.6 Å². The van der Waals surface area contributed by atoms with E-state index in [-0.39, 0.29) is 41.5 Å². The molecule has 0 bridgehead atoms. The fourth-order valence-corrected chi connectivity index (χ4v) is 4.06. The molecule has 1 aromatic rings. The maximum Gasteiger partial charge on any atom is 0.191 e. The van der Waals surface area contributed by atoms with Crippen LogP contribution in [0.15, 0.2) is 23.2 Å². The number of nitrogens with zero attached hydrogens (tertiary/aromatic N) is 3. The summed E-state index contributed by atoms with van der Waals surface area (Å²) in [6, 6.07) is 5.76. The molecule has 2 N–H and O–H groups in total. The van der Waals surface area contributed by atoms with E-state index in [4.69, 9.17) is 0 Å². The number of aromatic nitrogens is 1. The summed E-state index contributed by atoms with van der Waals surface area (Å²) in [5, 5.41) is 6.35. The Kier molecular flexibility index (Phi) is 8.20. The molecule has 1 unspecified atom stereocenters. The first-order valence-corrected chi connectivity index (χ1v) is 9.60. The van der Waals surface area contributed by atoms with E-state index in [1.165, 1.54) is 0 Å². The second kappa shape index (κ2) is 9.40. The number of guanidine groups is 1. The van der Waals surface area contributed by atoms with Gasteiger partial charge >= 0.3 is 0 Å². The average molecular weight is 467 g/mol. The topological polar surface area (TPSA) is 86.7 Å². The van der Waals surface area contributed by atoms with Crippen LogP contribution in [0.25, 0.3) is 0 Å². The summed E-state index contributed by atoms with van der Waals surface area (Å²) >= 11 is 0. The van der Waals surface area contributed by atoms with Gasteiger partial charge < -0.3 is 15.5 Å². The highest BCUT2D eigenvalue weighted by Gasteiger charge is 2.28. The molecule has 1 aliphatic heterocycles. The van der Waals surface area contributed by atoms with E-state index in [0.717, 1.165) is 18.1 Å². The molecule has 1 atom stereocenters. The van der Waals surface area contributed by atoms with Crippen molar-refractivity contribution < 1.29 is 8.42 Å². The number of pyridine rings is 1. The summed E-state index contributed by atoms with van der Waals surface area (Å²) < 4.78 is 23.1. The van der Waals surface area contributed by atoms with Gasteiger partial charge in [0.1, 0.15) is 5.82 Å². The number of nitrogens with one attached hydrogen (secondary N) is 2. The van der Waals surface area contributed by atoms with Crippen LogP contribution >= 0.6 is 24.0 Å². The third kappa shape index (κ3) is 6.42. The number of hydrogen-bond donors (Lipinski definition) is 2. The van der Waals surface area contributed by atoms with Crippen LogP contribution in [0, 0.1) is 0 Å². The zero-order valence-electron chi connectivity index (χ0n) is 14.3. The Balaban J connectivity index is 0.00000288. The minimum atomic E-state index is -2.90. The molecule has 1 fully saturated rings. The maximum atomic E-state index is 11.5. The molecule has 0 spiro atoms. The lowest BCUT2D eigenvalue weighted by Gasteiger charge is -2.16. The number of halogens is 1. The predicted octanol–water partition coefficient (Wildman–Crippen LogP) is 1.01. The van der Waals surface area contributed by atoms with Gasteiger partial charge in [-0.3, -0.25) is 0 Å². The van der Waals surface area contributed by atoms with Gasteiger partial charge in [0.15, 0.2) is 15.8 Å². The van der Waals surface area contributed by atoms with Crippen molar-refractivity contribution in [2.24, 2.45) is 4.99 Å². The molecule has 1 aliphatic rings. The van der Waals surface area contributed by atoms with Crippen molar-refractivity contribution in [3.8, 4) is 0 Å². The van der Waals surface area contributed by atoms with Gasteiger partial charge in [0.05, 0.1) is 23.7 Å². The molecule has 0 amide bonds. The molecule has 9 heteroatoms. The minimum Gasteiger partial charge on any atom is -0.363 e. The van der Waals surface area contributed by atoms with Gasteiger partial charge in [-0.1, -0.05) is 6.07 Å². The Labute approximate surface area is 161 Å². The van der Waals surface area contributed by atoms with Crippen LogP contribution in [-0.4, -0.2) is 57.5 Å². The Bertz CT molecular complexity index is 664. The number of aliphatic imine (C=N–C) groups is 1. The molecular formula is C15H26IN5O2S. The lowest BCUT2D eigenvalue weighted by atomic mass is 10.3. The smallest absolute Gasteiger partial charge is 0.191 e. The molecule has 0 aromatic carbocycles. The summed E-state index contributed by atoms with van der Waals surface area (Å²) in [5.41, 5.74) is 0.868. The van der Waals surface area contributed by atoms with Crippen molar-refractivity contribution in [1.29, 1.82) is 0 Å². The normalized spacial score (nSPS) is 19.5. The van der Waals surface area contributed by atoms with Gasteiger partial charge in [0.2, 0.25) is 0 Å². The maximum absolute atomic E-state index is 11.5. The van der Waals surface area contributed by atoms with Crippen molar-refractivity contribution in [3.05, 3.63) is 23.9 Å². The SMILES string of the molecule is CCNC(=NCc1cccc(N(C)C)n1)NC1CCS(=O)(=O)C1.I. The van der Waals surface area contributed by atoms with Crippen LogP contribution in [-0.2, 0) is 16.4 Å². The molecule has 0 saturated carbocycles. The van der Waals surface area contributed by atoms with Crippen molar-refractivity contribution in [2.45, 2.75) is 25.9 Å². The van der Waals surface area contributed by atoms with Crippen LogP contribution in [0.2, 0.25) is 0 Å². The number of sulfone groups is 1. The van der Waals surface area contributed by atoms with Crippen LogP contribution < -0.4 is 15.5 Å². The number of hydrogen-bond acceptors (Lipinski definition) is 5. The Morgan fingerprint density at radius 2 is 2.17 bits per heavy atom. The second-order valence-electron chi connectivity index (χ2n) is 5.82. The van der Waals surface area contributed by atoms with Gasteiger partial charge in [-0.25, -0.2) is 18.4 Å². The lowest BCUT2D eigenvalue weighted by molar-refractivity contribution is 0.599. The second-order valence-corrected chi connectivity index (χ2v) is 8.05. The third-order valence-electron chi connectivity index (χ3n) is 3.57. The lowest BCUT2D eigenvalue weighted by Crippen LogP contribution is -2.44. The molecule has 7 nitrogen and oxygen atoms in total. The van der Waals surface area contributed by atoms with E-state index < -0.39 is 9.84 Å². The van der Waals surface area contributed by atoms with E-state index in [1.807, 2.05) is 44.1 Å². The number of anilines is 1. The highest BCUT2D eigenvalue weighted by molar-refractivity contribution is 14.0. The van der Waals surface area contributed by atoms with Crippen LogP contribution in [0.1, 0.15) is 19.0 Å². The van der Waals surface area contributed by atoms with Crippen molar-refractivity contribution in [2.75, 3.05) is 37.0 Å². The summed E-state index contributed by atoms with van der Waals surface area (Å²) in [4.78, 5) is 11.0. The van der Waals surface area contributed by atoms with Gasteiger partial charge in [-0.05, 0) is 25.5 Å². The molecule has 2 rings (SSSR count). The van der Waals surface area contributed by atoms with Crippen molar-refractivity contribution >= 4 is 45.6 Å². The largest absolute Gasteiger partial charge is 0.363 e. The summed E-state index contributed by atoms with van der Waals surface area (Å²) in [5.74, 6) is 1.94. The van der Waals surface area contributed by atoms with Gasteiger partial charge in [-0.2, -0.15) is 0 Å². The van der Waals surface area contributed by atoms with Crippen LogP contribution in [0.4, 0.5) is 5.82 Å². The highest BCUT2D eigenvalue weighted by atomic mass is 127. The quantitative estimate of drug-likeness (QED) is 0.382. The summed E-state index contributed by atoms with van der Waals surface area (Å²) in [6.45, 7) is 3.14. The fourth-order valence-electron chi connectivity index (χ4n) is 2.39. The first kappa shape index (κ1) is 20.9.